The fraction of sp³-hybridized carbons (Fsp3) is 0.500. The summed E-state index contributed by atoms with van der Waals surface area (Å²) in [5.74, 6) is -0.394. The van der Waals surface area contributed by atoms with E-state index in [1.807, 2.05) is 6.92 Å². The van der Waals surface area contributed by atoms with E-state index in [1.54, 1.807) is 17.0 Å². The maximum Gasteiger partial charge on any atom is 0.226 e. The molecule has 19 heavy (non-hydrogen) atoms. The van der Waals surface area contributed by atoms with Crippen molar-refractivity contribution in [3.05, 3.63) is 35.6 Å². The Balaban J connectivity index is 2.04. The minimum Gasteiger partial charge on any atom is -0.370 e. The third kappa shape index (κ3) is 3.30. The number of halogens is 1. The normalized spacial score (nSPS) is 21.2. The highest BCUT2D eigenvalue weighted by molar-refractivity contribution is 5.78. The number of hydrogen-bond donors (Lipinski definition) is 1. The Kier molecular flexibility index (Phi) is 4.50. The van der Waals surface area contributed by atoms with Gasteiger partial charge in [-0.1, -0.05) is 19.1 Å². The van der Waals surface area contributed by atoms with Gasteiger partial charge in [0.05, 0.1) is 13.2 Å². The molecule has 1 heterocycles. The zero-order chi connectivity index (χ0) is 13.8. The molecule has 1 amide bonds. The summed E-state index contributed by atoms with van der Waals surface area (Å²) in [6.07, 6.45) is -0.191. The average molecular weight is 266 g/mol. The molecule has 2 atom stereocenters. The molecule has 0 bridgehead atoms. The number of carbonyl (C=O) groups excluding carboxylic acids is 1. The maximum absolute atomic E-state index is 12.9. The number of amides is 1. The summed E-state index contributed by atoms with van der Waals surface area (Å²) in [5, 5.41) is 0. The van der Waals surface area contributed by atoms with Crippen LogP contribution in [0.2, 0.25) is 0 Å². The van der Waals surface area contributed by atoms with Gasteiger partial charge in [0.1, 0.15) is 11.9 Å². The molecular weight excluding hydrogens is 247 g/mol. The molecule has 1 aliphatic heterocycles. The quantitative estimate of drug-likeness (QED) is 0.897. The van der Waals surface area contributed by atoms with Gasteiger partial charge in [0.2, 0.25) is 5.91 Å². The van der Waals surface area contributed by atoms with Gasteiger partial charge in [0.15, 0.2) is 0 Å². The number of ether oxygens (including phenoxy) is 1. The van der Waals surface area contributed by atoms with Crippen molar-refractivity contribution in [3.63, 3.8) is 0 Å². The lowest BCUT2D eigenvalue weighted by atomic mass is 10.1. The van der Waals surface area contributed by atoms with Crippen LogP contribution in [0.4, 0.5) is 4.39 Å². The highest BCUT2D eigenvalue weighted by Gasteiger charge is 2.27. The molecule has 0 aromatic heterocycles. The van der Waals surface area contributed by atoms with Gasteiger partial charge in [-0.15, -0.1) is 0 Å². The number of benzene rings is 1. The van der Waals surface area contributed by atoms with E-state index in [4.69, 9.17) is 10.5 Å². The summed E-state index contributed by atoms with van der Waals surface area (Å²) < 4.78 is 18.5. The van der Waals surface area contributed by atoms with E-state index in [2.05, 4.69) is 0 Å². The Bertz CT molecular complexity index is 436. The van der Waals surface area contributed by atoms with Crippen LogP contribution in [-0.4, -0.2) is 37.0 Å². The van der Waals surface area contributed by atoms with E-state index in [-0.39, 0.29) is 23.7 Å². The van der Waals surface area contributed by atoms with Crippen LogP contribution >= 0.6 is 0 Å². The van der Waals surface area contributed by atoms with Crippen molar-refractivity contribution >= 4 is 5.91 Å². The highest BCUT2D eigenvalue weighted by atomic mass is 19.1. The van der Waals surface area contributed by atoms with Crippen molar-refractivity contribution in [1.82, 2.24) is 4.90 Å². The number of rotatable bonds is 3. The standard InChI is InChI=1S/C14H19FN2O2/c1-10(8-16)14(18)17-6-7-19-13(9-17)11-2-4-12(15)5-3-11/h2-5,10,13H,6-9,16H2,1H3. The van der Waals surface area contributed by atoms with Crippen LogP contribution in [0.15, 0.2) is 24.3 Å². The number of morpholine rings is 1. The summed E-state index contributed by atoms with van der Waals surface area (Å²) in [4.78, 5) is 13.9. The number of nitrogens with two attached hydrogens (primary N) is 1. The molecule has 0 aliphatic carbocycles. The number of carbonyl (C=O) groups is 1. The van der Waals surface area contributed by atoms with E-state index >= 15 is 0 Å². The zero-order valence-corrected chi connectivity index (χ0v) is 11.0. The largest absolute Gasteiger partial charge is 0.370 e. The number of nitrogens with zero attached hydrogens (tertiary/aromatic N) is 1. The van der Waals surface area contributed by atoms with E-state index < -0.39 is 0 Å². The Hall–Kier alpha value is -1.46. The van der Waals surface area contributed by atoms with Crippen molar-refractivity contribution in [3.8, 4) is 0 Å². The van der Waals surface area contributed by atoms with E-state index in [0.717, 1.165) is 5.56 Å². The number of hydrogen-bond acceptors (Lipinski definition) is 3. The fourth-order valence-corrected chi connectivity index (χ4v) is 2.14. The van der Waals surface area contributed by atoms with Crippen molar-refractivity contribution in [1.29, 1.82) is 0 Å². The molecule has 1 fully saturated rings. The van der Waals surface area contributed by atoms with Crippen LogP contribution in [-0.2, 0) is 9.53 Å². The summed E-state index contributed by atoms with van der Waals surface area (Å²) in [5.41, 5.74) is 6.41. The van der Waals surface area contributed by atoms with Gasteiger partial charge in [-0.3, -0.25) is 4.79 Å². The smallest absolute Gasteiger partial charge is 0.226 e. The van der Waals surface area contributed by atoms with Crippen LogP contribution in [0.3, 0.4) is 0 Å². The molecule has 4 nitrogen and oxygen atoms in total. The molecule has 2 N–H and O–H groups in total. The first-order chi connectivity index (χ1) is 9.11. The van der Waals surface area contributed by atoms with E-state index in [1.165, 1.54) is 12.1 Å². The van der Waals surface area contributed by atoms with Gasteiger partial charge in [-0.25, -0.2) is 4.39 Å². The summed E-state index contributed by atoms with van der Waals surface area (Å²) in [6.45, 7) is 3.74. The van der Waals surface area contributed by atoms with Crippen LogP contribution in [0.1, 0.15) is 18.6 Å². The Labute approximate surface area is 112 Å². The minimum atomic E-state index is -0.274. The van der Waals surface area contributed by atoms with Crippen molar-refractivity contribution in [2.24, 2.45) is 11.7 Å². The molecule has 104 valence electrons. The molecule has 1 aromatic carbocycles. The highest BCUT2D eigenvalue weighted by Crippen LogP contribution is 2.23. The van der Waals surface area contributed by atoms with Gasteiger partial charge < -0.3 is 15.4 Å². The second-order valence-electron chi connectivity index (χ2n) is 4.83. The van der Waals surface area contributed by atoms with Crippen molar-refractivity contribution < 1.29 is 13.9 Å². The predicted octanol–water partition coefficient (Wildman–Crippen LogP) is 1.32. The Morgan fingerprint density at radius 2 is 2.21 bits per heavy atom. The fourth-order valence-electron chi connectivity index (χ4n) is 2.14. The SMILES string of the molecule is CC(CN)C(=O)N1CCOC(c2ccc(F)cc2)C1. The Morgan fingerprint density at radius 3 is 2.84 bits per heavy atom. The molecule has 1 saturated heterocycles. The average Bonchev–Trinajstić information content (AvgIpc) is 2.46. The summed E-state index contributed by atoms with van der Waals surface area (Å²) in [7, 11) is 0. The van der Waals surface area contributed by atoms with Crippen molar-refractivity contribution in [2.75, 3.05) is 26.2 Å². The van der Waals surface area contributed by atoms with Gasteiger partial charge in [-0.05, 0) is 17.7 Å². The van der Waals surface area contributed by atoms with Crippen molar-refractivity contribution in [2.45, 2.75) is 13.0 Å². The first kappa shape index (κ1) is 14.0. The Morgan fingerprint density at radius 1 is 1.53 bits per heavy atom. The van der Waals surface area contributed by atoms with E-state index in [9.17, 15) is 9.18 Å². The lowest BCUT2D eigenvalue weighted by Gasteiger charge is -2.34. The third-order valence-corrected chi connectivity index (χ3v) is 3.40. The summed E-state index contributed by atoms with van der Waals surface area (Å²) in [6, 6.07) is 6.20. The first-order valence-electron chi connectivity index (χ1n) is 6.47. The molecule has 2 unspecified atom stereocenters. The molecule has 1 aliphatic rings. The molecule has 0 spiro atoms. The molecule has 2 rings (SSSR count). The van der Waals surface area contributed by atoms with E-state index in [0.29, 0.717) is 26.2 Å². The lowest BCUT2D eigenvalue weighted by Crippen LogP contribution is -2.45. The topological polar surface area (TPSA) is 55.6 Å². The van der Waals surface area contributed by atoms with Crippen LogP contribution in [0, 0.1) is 11.7 Å². The van der Waals surface area contributed by atoms with Gasteiger partial charge in [0, 0.05) is 19.0 Å². The second kappa shape index (κ2) is 6.12. The minimum absolute atomic E-state index is 0.0536. The lowest BCUT2D eigenvalue weighted by molar-refractivity contribution is -0.142. The van der Waals surface area contributed by atoms with Gasteiger partial charge in [0.25, 0.3) is 0 Å². The predicted molar refractivity (Wildman–Crippen MR) is 69.9 cm³/mol. The van der Waals surface area contributed by atoms with Gasteiger partial charge >= 0.3 is 0 Å². The molecule has 1 aromatic rings. The summed E-state index contributed by atoms with van der Waals surface area (Å²) >= 11 is 0. The molecule has 0 radical (unpaired) electrons. The van der Waals surface area contributed by atoms with Gasteiger partial charge in [-0.2, -0.15) is 0 Å². The third-order valence-electron chi connectivity index (χ3n) is 3.40. The maximum atomic E-state index is 12.9. The molecule has 0 saturated carbocycles. The second-order valence-corrected chi connectivity index (χ2v) is 4.83. The zero-order valence-electron chi connectivity index (χ0n) is 11.0. The molecule has 5 heteroatoms. The van der Waals surface area contributed by atoms with Crippen LogP contribution in [0.5, 0.6) is 0 Å². The monoisotopic (exact) mass is 266 g/mol. The van der Waals surface area contributed by atoms with Crippen LogP contribution in [0.25, 0.3) is 0 Å². The first-order valence-corrected chi connectivity index (χ1v) is 6.47. The molecular formula is C14H19FN2O2. The van der Waals surface area contributed by atoms with Crippen LogP contribution < -0.4 is 5.73 Å².